The van der Waals surface area contributed by atoms with Gasteiger partial charge in [0, 0.05) is 6.54 Å². The van der Waals surface area contributed by atoms with Crippen LogP contribution in [0.25, 0.3) is 0 Å². The van der Waals surface area contributed by atoms with Gasteiger partial charge in [-0.1, -0.05) is 18.5 Å². The van der Waals surface area contributed by atoms with Crippen LogP contribution in [0.5, 0.6) is 0 Å². The molecule has 0 aliphatic rings. The third kappa shape index (κ3) is 2.22. The van der Waals surface area contributed by atoms with Crippen molar-refractivity contribution >= 4 is 5.82 Å². The Labute approximate surface area is 65.9 Å². The van der Waals surface area contributed by atoms with Crippen LogP contribution < -0.4 is 5.32 Å². The van der Waals surface area contributed by atoms with Crippen molar-refractivity contribution in [2.24, 2.45) is 0 Å². The van der Waals surface area contributed by atoms with E-state index in [-0.39, 0.29) is 0 Å². The molecule has 1 aromatic heterocycles. The summed E-state index contributed by atoms with van der Waals surface area (Å²) in [4.78, 5) is 0. The molecule has 1 heterocycles. The second kappa shape index (κ2) is 3.95. The van der Waals surface area contributed by atoms with Crippen molar-refractivity contribution in [1.82, 2.24) is 10.3 Å². The topological polar surface area (TPSA) is 51.0 Å². The van der Waals surface area contributed by atoms with Gasteiger partial charge in [0.25, 0.3) is 0 Å². The van der Waals surface area contributed by atoms with Crippen molar-refractivity contribution in [3.8, 4) is 0 Å². The van der Waals surface area contributed by atoms with E-state index < -0.39 is 0 Å². The minimum absolute atomic E-state index is 0.762. The first kappa shape index (κ1) is 8.04. The van der Waals surface area contributed by atoms with Crippen LogP contribution >= 0.6 is 0 Å². The number of unbranched alkanes of at least 4 members (excludes halogenated alkanes) is 1. The molecule has 0 unspecified atom stereocenters. The van der Waals surface area contributed by atoms with Gasteiger partial charge in [0.05, 0.1) is 0 Å². The van der Waals surface area contributed by atoms with E-state index in [0.717, 1.165) is 24.5 Å². The van der Waals surface area contributed by atoms with Crippen LogP contribution in [0.3, 0.4) is 0 Å². The summed E-state index contributed by atoms with van der Waals surface area (Å²) in [5.74, 6) is 0.762. The molecule has 0 saturated heterocycles. The highest BCUT2D eigenvalue weighted by Gasteiger charge is 2.01. The molecule has 0 aliphatic carbocycles. The summed E-state index contributed by atoms with van der Waals surface area (Å²) in [6, 6.07) is 0. The van der Waals surface area contributed by atoms with Gasteiger partial charge < -0.3 is 5.32 Å². The molecule has 0 saturated carbocycles. The van der Waals surface area contributed by atoms with E-state index in [1.165, 1.54) is 6.42 Å². The molecule has 1 N–H and O–H groups in total. The van der Waals surface area contributed by atoms with Crippen LogP contribution in [0, 0.1) is 6.92 Å². The summed E-state index contributed by atoms with van der Waals surface area (Å²) in [5, 5.41) is 10.5. The van der Waals surface area contributed by atoms with Gasteiger partial charge in [0.15, 0.2) is 5.82 Å². The molecular weight excluding hydrogens is 142 g/mol. The first-order valence-electron chi connectivity index (χ1n) is 3.87. The van der Waals surface area contributed by atoms with Crippen LogP contribution in [-0.4, -0.2) is 16.9 Å². The monoisotopic (exact) mass is 155 g/mol. The second-order valence-electron chi connectivity index (χ2n) is 2.48. The lowest BCUT2D eigenvalue weighted by atomic mass is 10.3. The summed E-state index contributed by atoms with van der Waals surface area (Å²) in [7, 11) is 0. The Morgan fingerprint density at radius 2 is 2.27 bits per heavy atom. The quantitative estimate of drug-likeness (QED) is 0.671. The molecule has 0 spiro atoms. The maximum atomic E-state index is 4.51. The van der Waals surface area contributed by atoms with Crippen molar-refractivity contribution < 1.29 is 4.63 Å². The van der Waals surface area contributed by atoms with E-state index in [1.807, 2.05) is 6.92 Å². The van der Waals surface area contributed by atoms with Crippen LogP contribution in [0.4, 0.5) is 5.82 Å². The number of hydrogen-bond acceptors (Lipinski definition) is 4. The number of anilines is 1. The Balaban J connectivity index is 2.32. The molecule has 0 aliphatic heterocycles. The summed E-state index contributed by atoms with van der Waals surface area (Å²) in [6.45, 7) is 4.95. The van der Waals surface area contributed by atoms with E-state index in [0.29, 0.717) is 0 Å². The Bertz CT molecular complexity index is 209. The fraction of sp³-hybridized carbons (Fsp3) is 0.714. The number of nitrogens with zero attached hydrogens (tertiary/aromatic N) is 2. The average Bonchev–Trinajstić information content (AvgIpc) is 2.37. The molecule has 4 heteroatoms. The number of hydrogen-bond donors (Lipinski definition) is 1. The second-order valence-corrected chi connectivity index (χ2v) is 2.48. The molecule has 11 heavy (non-hydrogen) atoms. The average molecular weight is 155 g/mol. The van der Waals surface area contributed by atoms with Gasteiger partial charge in [-0.3, -0.25) is 0 Å². The highest BCUT2D eigenvalue weighted by atomic mass is 16.6. The minimum Gasteiger partial charge on any atom is -0.366 e. The third-order valence-corrected chi connectivity index (χ3v) is 1.48. The first-order chi connectivity index (χ1) is 5.34. The van der Waals surface area contributed by atoms with Crippen LogP contribution in [0.15, 0.2) is 4.63 Å². The molecule has 0 fully saturated rings. The third-order valence-electron chi connectivity index (χ3n) is 1.48. The molecule has 1 aromatic rings. The molecule has 0 aromatic carbocycles. The van der Waals surface area contributed by atoms with Gasteiger partial charge in [-0.2, -0.15) is 0 Å². The van der Waals surface area contributed by atoms with Crippen molar-refractivity contribution in [3.05, 3.63) is 5.69 Å². The molecule has 4 nitrogen and oxygen atoms in total. The highest BCUT2D eigenvalue weighted by molar-refractivity contribution is 5.36. The van der Waals surface area contributed by atoms with E-state index in [4.69, 9.17) is 0 Å². The predicted octanol–water partition coefficient (Wildman–Crippen LogP) is 1.59. The lowest BCUT2D eigenvalue weighted by molar-refractivity contribution is 0.306. The largest absolute Gasteiger partial charge is 0.366 e. The molecule has 62 valence electrons. The van der Waals surface area contributed by atoms with Crippen molar-refractivity contribution in [2.75, 3.05) is 11.9 Å². The lowest BCUT2D eigenvalue weighted by Crippen LogP contribution is -2.01. The van der Waals surface area contributed by atoms with E-state index in [9.17, 15) is 0 Å². The number of rotatable bonds is 4. The maximum Gasteiger partial charge on any atom is 0.193 e. The van der Waals surface area contributed by atoms with E-state index in [1.54, 1.807) is 0 Å². The summed E-state index contributed by atoms with van der Waals surface area (Å²) >= 11 is 0. The summed E-state index contributed by atoms with van der Waals surface area (Å²) < 4.78 is 4.51. The molecule has 1 rings (SSSR count). The summed E-state index contributed by atoms with van der Waals surface area (Å²) in [5.41, 5.74) is 0.820. The predicted molar refractivity (Wildman–Crippen MR) is 42.4 cm³/mol. The van der Waals surface area contributed by atoms with E-state index in [2.05, 4.69) is 27.2 Å². The highest BCUT2D eigenvalue weighted by Crippen LogP contribution is 2.06. The maximum absolute atomic E-state index is 4.51. The Hall–Kier alpha value is -1.06. The van der Waals surface area contributed by atoms with Gasteiger partial charge in [-0.05, 0) is 18.5 Å². The van der Waals surface area contributed by atoms with Gasteiger partial charge in [0.2, 0.25) is 0 Å². The fourth-order valence-corrected chi connectivity index (χ4v) is 0.776. The Morgan fingerprint density at radius 1 is 1.45 bits per heavy atom. The summed E-state index contributed by atoms with van der Waals surface area (Å²) in [6.07, 6.45) is 2.32. The van der Waals surface area contributed by atoms with Crippen molar-refractivity contribution in [2.45, 2.75) is 26.7 Å². The standard InChI is InChI=1S/C7H13N3O/c1-3-4-5-8-7-6(2)9-11-10-7/h3-5H2,1-2H3,(H,8,10). The molecular formula is C7H13N3O. The zero-order chi connectivity index (χ0) is 8.10. The Kier molecular flexibility index (Phi) is 2.89. The zero-order valence-electron chi connectivity index (χ0n) is 6.92. The van der Waals surface area contributed by atoms with Gasteiger partial charge >= 0.3 is 0 Å². The van der Waals surface area contributed by atoms with Gasteiger partial charge in [-0.25, -0.2) is 4.63 Å². The van der Waals surface area contributed by atoms with Crippen LogP contribution in [-0.2, 0) is 0 Å². The smallest absolute Gasteiger partial charge is 0.193 e. The SMILES string of the molecule is CCCCNc1nonc1C. The molecule has 0 radical (unpaired) electrons. The van der Waals surface area contributed by atoms with Gasteiger partial charge in [0.1, 0.15) is 5.69 Å². The zero-order valence-corrected chi connectivity index (χ0v) is 6.92. The normalized spacial score (nSPS) is 10.0. The van der Waals surface area contributed by atoms with Crippen molar-refractivity contribution in [3.63, 3.8) is 0 Å². The fourth-order valence-electron chi connectivity index (χ4n) is 0.776. The number of nitrogens with one attached hydrogen (secondary N) is 1. The van der Waals surface area contributed by atoms with Crippen LogP contribution in [0.1, 0.15) is 25.5 Å². The lowest BCUT2D eigenvalue weighted by Gasteiger charge is -1.98. The Morgan fingerprint density at radius 3 is 2.82 bits per heavy atom. The van der Waals surface area contributed by atoms with Gasteiger partial charge in [-0.15, -0.1) is 0 Å². The minimum atomic E-state index is 0.762. The van der Waals surface area contributed by atoms with Crippen LogP contribution in [0.2, 0.25) is 0 Å². The van der Waals surface area contributed by atoms with Crippen molar-refractivity contribution in [1.29, 1.82) is 0 Å². The number of aryl methyl sites for hydroxylation is 1. The first-order valence-corrected chi connectivity index (χ1v) is 3.87. The molecule has 0 bridgehead atoms. The van der Waals surface area contributed by atoms with E-state index >= 15 is 0 Å². The molecule has 0 atom stereocenters. The molecule has 0 amide bonds. The number of aromatic nitrogens is 2.